The van der Waals surface area contributed by atoms with Gasteiger partial charge in [0.1, 0.15) is 0 Å². The molecule has 1 aromatic carbocycles. The second-order valence-electron chi connectivity index (χ2n) is 4.35. The van der Waals surface area contributed by atoms with Gasteiger partial charge in [-0.05, 0) is 37.0 Å². The number of hydrogen-bond donors (Lipinski definition) is 2. The maximum Gasteiger partial charge on any atom is 0.251 e. The van der Waals surface area contributed by atoms with Gasteiger partial charge in [0.25, 0.3) is 5.91 Å². The molecule has 88 valence electrons. The molecule has 1 unspecified atom stereocenters. The molecule has 2 rings (SSSR count). The lowest BCUT2D eigenvalue weighted by atomic mass is 10.1. The van der Waals surface area contributed by atoms with Crippen molar-refractivity contribution in [1.82, 2.24) is 5.32 Å². The van der Waals surface area contributed by atoms with Crippen LogP contribution in [0.25, 0.3) is 0 Å². The summed E-state index contributed by atoms with van der Waals surface area (Å²) in [5, 5.41) is 11.7. The minimum atomic E-state index is -0.149. The fraction of sp³-hybridized carbons (Fsp3) is 0.385. The van der Waals surface area contributed by atoms with E-state index in [9.17, 15) is 4.79 Å². The molecule has 4 nitrogen and oxygen atoms in total. The van der Waals surface area contributed by atoms with Crippen molar-refractivity contribution in [2.24, 2.45) is 11.7 Å². The Morgan fingerprint density at radius 1 is 1.59 bits per heavy atom. The van der Waals surface area contributed by atoms with Crippen LogP contribution in [0.5, 0.6) is 0 Å². The summed E-state index contributed by atoms with van der Waals surface area (Å²) in [7, 11) is 0. The van der Waals surface area contributed by atoms with Crippen LogP contribution in [0, 0.1) is 17.2 Å². The summed E-state index contributed by atoms with van der Waals surface area (Å²) in [5.41, 5.74) is 6.64. The maximum atomic E-state index is 11.9. The Labute approximate surface area is 100 Å². The Balaban J connectivity index is 2.05. The zero-order valence-electron chi connectivity index (χ0n) is 9.52. The van der Waals surface area contributed by atoms with E-state index in [2.05, 4.69) is 5.32 Å². The molecule has 4 heteroatoms. The van der Waals surface area contributed by atoms with E-state index in [4.69, 9.17) is 11.0 Å². The van der Waals surface area contributed by atoms with Crippen LogP contribution in [0.15, 0.2) is 24.3 Å². The molecular formula is C13H15N3O. The highest BCUT2D eigenvalue weighted by molar-refractivity contribution is 5.94. The zero-order valence-corrected chi connectivity index (χ0v) is 9.52. The van der Waals surface area contributed by atoms with Crippen LogP contribution >= 0.6 is 0 Å². The molecule has 0 spiro atoms. The summed E-state index contributed by atoms with van der Waals surface area (Å²) in [6, 6.07) is 8.77. The van der Waals surface area contributed by atoms with E-state index in [0.29, 0.717) is 23.6 Å². The topological polar surface area (TPSA) is 78.9 Å². The van der Waals surface area contributed by atoms with Gasteiger partial charge in [0.05, 0.1) is 11.6 Å². The van der Waals surface area contributed by atoms with Gasteiger partial charge in [-0.15, -0.1) is 0 Å². The molecule has 1 atom stereocenters. The van der Waals surface area contributed by atoms with Gasteiger partial charge in [-0.3, -0.25) is 4.79 Å². The summed E-state index contributed by atoms with van der Waals surface area (Å²) in [4.78, 5) is 11.9. The van der Waals surface area contributed by atoms with Crippen molar-refractivity contribution < 1.29 is 4.79 Å². The predicted molar refractivity (Wildman–Crippen MR) is 64.2 cm³/mol. The van der Waals surface area contributed by atoms with Crippen molar-refractivity contribution in [3.8, 4) is 6.07 Å². The molecule has 0 aromatic heterocycles. The van der Waals surface area contributed by atoms with Crippen LogP contribution in [0.4, 0.5) is 0 Å². The van der Waals surface area contributed by atoms with Crippen molar-refractivity contribution in [3.63, 3.8) is 0 Å². The van der Waals surface area contributed by atoms with Gasteiger partial charge in [-0.25, -0.2) is 0 Å². The van der Waals surface area contributed by atoms with Gasteiger partial charge in [-0.2, -0.15) is 5.26 Å². The standard InChI is InChI=1S/C13H15N3O/c14-7-9-2-1-3-11(6-9)13(17)16-12(8-15)10-4-5-10/h1-3,6,10,12H,4-5,8,15H2,(H,16,17). The molecule has 1 saturated carbocycles. The number of nitriles is 1. The van der Waals surface area contributed by atoms with Gasteiger partial charge < -0.3 is 11.1 Å². The lowest BCUT2D eigenvalue weighted by molar-refractivity contribution is 0.0933. The first kappa shape index (κ1) is 11.6. The number of nitrogens with zero attached hydrogens (tertiary/aromatic N) is 1. The number of carbonyl (C=O) groups is 1. The van der Waals surface area contributed by atoms with Crippen LogP contribution in [0.3, 0.4) is 0 Å². The molecule has 1 aliphatic carbocycles. The lowest BCUT2D eigenvalue weighted by Crippen LogP contribution is -2.41. The first-order chi connectivity index (χ1) is 8.24. The molecular weight excluding hydrogens is 214 g/mol. The SMILES string of the molecule is N#Cc1cccc(C(=O)NC(CN)C2CC2)c1. The summed E-state index contributed by atoms with van der Waals surface area (Å²) in [6.07, 6.45) is 2.28. The number of nitrogens with one attached hydrogen (secondary N) is 1. The van der Waals surface area contributed by atoms with Crippen molar-refractivity contribution in [2.45, 2.75) is 18.9 Å². The van der Waals surface area contributed by atoms with Crippen molar-refractivity contribution in [3.05, 3.63) is 35.4 Å². The number of amides is 1. The van der Waals surface area contributed by atoms with Gasteiger partial charge >= 0.3 is 0 Å². The molecule has 0 aliphatic heterocycles. The Bertz CT molecular complexity index is 460. The smallest absolute Gasteiger partial charge is 0.251 e. The van der Waals surface area contributed by atoms with E-state index in [0.717, 1.165) is 12.8 Å². The highest BCUT2D eigenvalue weighted by Gasteiger charge is 2.31. The van der Waals surface area contributed by atoms with Crippen molar-refractivity contribution in [1.29, 1.82) is 5.26 Å². The minimum Gasteiger partial charge on any atom is -0.348 e. The summed E-state index contributed by atoms with van der Waals surface area (Å²) < 4.78 is 0. The monoisotopic (exact) mass is 229 g/mol. The Morgan fingerprint density at radius 3 is 2.94 bits per heavy atom. The third-order valence-electron chi connectivity index (χ3n) is 3.02. The van der Waals surface area contributed by atoms with Crippen molar-refractivity contribution >= 4 is 5.91 Å². The minimum absolute atomic E-state index is 0.0632. The number of hydrogen-bond acceptors (Lipinski definition) is 3. The summed E-state index contributed by atoms with van der Waals surface area (Å²) in [6.45, 7) is 0.467. The number of carbonyl (C=O) groups excluding carboxylic acids is 1. The maximum absolute atomic E-state index is 11.9. The molecule has 0 radical (unpaired) electrons. The average molecular weight is 229 g/mol. The number of nitrogens with two attached hydrogens (primary N) is 1. The Hall–Kier alpha value is -1.86. The van der Waals surface area contributed by atoms with Gasteiger partial charge in [0.2, 0.25) is 0 Å². The molecule has 1 fully saturated rings. The van der Waals surface area contributed by atoms with Crippen LogP contribution in [-0.2, 0) is 0 Å². The van der Waals surface area contributed by atoms with Gasteiger partial charge in [-0.1, -0.05) is 6.07 Å². The first-order valence-corrected chi connectivity index (χ1v) is 5.75. The average Bonchev–Trinajstić information content (AvgIpc) is 3.20. The Kier molecular flexibility index (Phi) is 3.40. The quantitative estimate of drug-likeness (QED) is 0.809. The van der Waals surface area contributed by atoms with Gasteiger partial charge in [0.15, 0.2) is 0 Å². The van der Waals surface area contributed by atoms with E-state index in [-0.39, 0.29) is 11.9 Å². The molecule has 0 bridgehead atoms. The third-order valence-corrected chi connectivity index (χ3v) is 3.02. The predicted octanol–water partition coefficient (Wildman–Crippen LogP) is 1.03. The molecule has 17 heavy (non-hydrogen) atoms. The number of benzene rings is 1. The lowest BCUT2D eigenvalue weighted by Gasteiger charge is -2.15. The van der Waals surface area contributed by atoms with Crippen LogP contribution in [0.2, 0.25) is 0 Å². The molecule has 1 aliphatic rings. The van der Waals surface area contributed by atoms with E-state index in [1.165, 1.54) is 0 Å². The molecule has 3 N–H and O–H groups in total. The third kappa shape index (κ3) is 2.83. The highest BCUT2D eigenvalue weighted by Crippen LogP contribution is 2.32. The first-order valence-electron chi connectivity index (χ1n) is 5.75. The normalized spacial score (nSPS) is 16.0. The largest absolute Gasteiger partial charge is 0.348 e. The molecule has 1 amide bonds. The Morgan fingerprint density at radius 2 is 2.35 bits per heavy atom. The fourth-order valence-corrected chi connectivity index (χ4v) is 1.85. The van der Waals surface area contributed by atoms with Crippen LogP contribution in [-0.4, -0.2) is 18.5 Å². The molecule has 1 aromatic rings. The number of rotatable bonds is 4. The summed E-state index contributed by atoms with van der Waals surface area (Å²) >= 11 is 0. The highest BCUT2D eigenvalue weighted by atomic mass is 16.1. The van der Waals surface area contributed by atoms with E-state index in [1.807, 2.05) is 6.07 Å². The van der Waals surface area contributed by atoms with E-state index >= 15 is 0 Å². The van der Waals surface area contributed by atoms with Crippen LogP contribution in [0.1, 0.15) is 28.8 Å². The molecule has 0 heterocycles. The van der Waals surface area contributed by atoms with E-state index < -0.39 is 0 Å². The second-order valence-corrected chi connectivity index (χ2v) is 4.35. The zero-order chi connectivity index (χ0) is 12.3. The van der Waals surface area contributed by atoms with Crippen molar-refractivity contribution in [2.75, 3.05) is 6.54 Å². The fourth-order valence-electron chi connectivity index (χ4n) is 1.85. The van der Waals surface area contributed by atoms with E-state index in [1.54, 1.807) is 24.3 Å². The van der Waals surface area contributed by atoms with Crippen LogP contribution < -0.4 is 11.1 Å². The summed E-state index contributed by atoms with van der Waals surface area (Å²) in [5.74, 6) is 0.382. The van der Waals surface area contributed by atoms with Gasteiger partial charge in [0, 0.05) is 18.2 Å². The molecule has 0 saturated heterocycles. The second kappa shape index (κ2) is 4.98.